The van der Waals surface area contributed by atoms with Gasteiger partial charge in [0.1, 0.15) is 11.3 Å². The van der Waals surface area contributed by atoms with Crippen molar-refractivity contribution in [3.63, 3.8) is 0 Å². The molecule has 0 aliphatic rings. The molecule has 5 nitrogen and oxygen atoms in total. The van der Waals surface area contributed by atoms with Crippen LogP contribution in [0.1, 0.15) is 5.69 Å². The van der Waals surface area contributed by atoms with E-state index in [0.717, 1.165) is 15.2 Å². The Balaban J connectivity index is 2.86. The molecule has 2 heterocycles. The van der Waals surface area contributed by atoms with Gasteiger partial charge in [-0.1, -0.05) is 18.2 Å². The molecule has 112 valence electrons. The molecule has 0 atom stereocenters. The van der Waals surface area contributed by atoms with Gasteiger partial charge in [0.2, 0.25) is 0 Å². The van der Waals surface area contributed by atoms with Crippen LogP contribution in [-0.2, 0) is 19.8 Å². The van der Waals surface area contributed by atoms with Gasteiger partial charge in [-0.2, -0.15) is 13.2 Å². The first-order valence-electron chi connectivity index (χ1n) is 5.64. The predicted molar refractivity (Wildman–Crippen MR) is 71.2 cm³/mol. The summed E-state index contributed by atoms with van der Waals surface area (Å²) in [5.41, 5.74) is -3.10. The van der Waals surface area contributed by atoms with Gasteiger partial charge in [0, 0.05) is 12.1 Å². The van der Waals surface area contributed by atoms with E-state index in [-0.39, 0.29) is 22.6 Å². The fourth-order valence-electron chi connectivity index (χ4n) is 1.84. The molecule has 0 aromatic carbocycles. The highest BCUT2D eigenvalue weighted by atomic mass is 35.5. The van der Waals surface area contributed by atoms with Crippen molar-refractivity contribution in [2.45, 2.75) is 12.7 Å². The number of allylic oxidation sites excluding steroid dienone is 1. The lowest BCUT2D eigenvalue weighted by molar-refractivity contribution is -0.141. The predicted octanol–water partition coefficient (Wildman–Crippen LogP) is 1.87. The molecule has 0 N–H and O–H groups in total. The molecule has 2 aromatic rings. The Morgan fingerprint density at radius 3 is 2.52 bits per heavy atom. The fourth-order valence-corrected chi connectivity index (χ4v) is 1.96. The zero-order valence-corrected chi connectivity index (χ0v) is 11.5. The Labute approximate surface area is 120 Å². The minimum absolute atomic E-state index is 0.0495. The summed E-state index contributed by atoms with van der Waals surface area (Å²) < 4.78 is 39.6. The first-order valence-corrected chi connectivity index (χ1v) is 6.02. The molecular formula is C12H9ClF3N3O2. The number of nitrogens with zero attached hydrogens (tertiary/aromatic N) is 3. The van der Waals surface area contributed by atoms with Gasteiger partial charge >= 0.3 is 11.9 Å². The van der Waals surface area contributed by atoms with Gasteiger partial charge < -0.3 is 0 Å². The zero-order chi connectivity index (χ0) is 15.9. The van der Waals surface area contributed by atoms with Crippen molar-refractivity contribution in [3.05, 3.63) is 50.3 Å². The van der Waals surface area contributed by atoms with E-state index < -0.39 is 23.1 Å². The zero-order valence-electron chi connectivity index (χ0n) is 10.7. The van der Waals surface area contributed by atoms with E-state index in [2.05, 4.69) is 11.6 Å². The van der Waals surface area contributed by atoms with Crippen LogP contribution in [0.25, 0.3) is 11.0 Å². The Kier molecular flexibility index (Phi) is 3.66. The van der Waals surface area contributed by atoms with Gasteiger partial charge in [0.25, 0.3) is 5.56 Å². The molecule has 0 aliphatic carbocycles. The average Bonchev–Trinajstić information content (AvgIpc) is 2.39. The number of pyridine rings is 1. The van der Waals surface area contributed by atoms with Crippen LogP contribution in [0, 0.1) is 0 Å². The van der Waals surface area contributed by atoms with Crippen LogP contribution in [0.3, 0.4) is 0 Å². The minimum Gasteiger partial charge on any atom is -0.280 e. The molecule has 2 rings (SSSR count). The minimum atomic E-state index is -4.66. The SMILES string of the molecule is C=C(Cl)Cn1c(=O)c2ccc(C(F)(F)F)nc2n(C)c1=O. The van der Waals surface area contributed by atoms with Crippen LogP contribution < -0.4 is 11.2 Å². The van der Waals surface area contributed by atoms with Crippen LogP contribution in [0.15, 0.2) is 33.3 Å². The number of aromatic nitrogens is 3. The largest absolute Gasteiger partial charge is 0.433 e. The maximum absolute atomic E-state index is 12.6. The molecule has 0 radical (unpaired) electrons. The summed E-state index contributed by atoms with van der Waals surface area (Å²) in [6.07, 6.45) is -4.66. The Morgan fingerprint density at radius 1 is 1.38 bits per heavy atom. The third kappa shape index (κ3) is 2.71. The van der Waals surface area contributed by atoms with E-state index in [1.807, 2.05) is 0 Å². The highest BCUT2D eigenvalue weighted by molar-refractivity contribution is 6.29. The Bertz CT molecular complexity index is 852. The fraction of sp³-hybridized carbons (Fsp3) is 0.250. The number of alkyl halides is 3. The van der Waals surface area contributed by atoms with Crippen LogP contribution in [0.2, 0.25) is 0 Å². The normalized spacial score (nSPS) is 11.9. The van der Waals surface area contributed by atoms with Crippen molar-refractivity contribution in [3.8, 4) is 0 Å². The first kappa shape index (κ1) is 15.3. The summed E-state index contributed by atoms with van der Waals surface area (Å²) in [6.45, 7) is 3.15. The number of hydrogen-bond donors (Lipinski definition) is 0. The van der Waals surface area contributed by atoms with Gasteiger partial charge in [-0.05, 0) is 12.1 Å². The number of rotatable bonds is 2. The summed E-state index contributed by atoms with van der Waals surface area (Å²) >= 11 is 5.58. The van der Waals surface area contributed by atoms with Crippen molar-refractivity contribution < 1.29 is 13.2 Å². The molecular weight excluding hydrogens is 311 g/mol. The molecule has 0 amide bonds. The van der Waals surface area contributed by atoms with E-state index in [4.69, 9.17) is 11.6 Å². The topological polar surface area (TPSA) is 56.9 Å². The van der Waals surface area contributed by atoms with Gasteiger partial charge in [-0.3, -0.25) is 13.9 Å². The van der Waals surface area contributed by atoms with Crippen LogP contribution in [-0.4, -0.2) is 14.1 Å². The number of aryl methyl sites for hydroxylation is 1. The maximum Gasteiger partial charge on any atom is 0.433 e. The van der Waals surface area contributed by atoms with Crippen molar-refractivity contribution in [2.24, 2.45) is 7.05 Å². The van der Waals surface area contributed by atoms with Gasteiger partial charge in [-0.15, -0.1) is 0 Å². The van der Waals surface area contributed by atoms with Crippen molar-refractivity contribution in [1.29, 1.82) is 0 Å². The third-order valence-electron chi connectivity index (χ3n) is 2.81. The summed E-state index contributed by atoms with van der Waals surface area (Å²) in [4.78, 5) is 27.5. The second-order valence-corrected chi connectivity index (χ2v) is 4.85. The van der Waals surface area contributed by atoms with Crippen molar-refractivity contribution >= 4 is 22.6 Å². The summed E-state index contributed by atoms with van der Waals surface area (Å²) in [5, 5.41) is -0.0589. The molecule has 0 saturated carbocycles. The molecule has 0 bridgehead atoms. The van der Waals surface area contributed by atoms with E-state index in [1.54, 1.807) is 0 Å². The van der Waals surface area contributed by atoms with E-state index in [0.29, 0.717) is 6.07 Å². The van der Waals surface area contributed by atoms with Crippen molar-refractivity contribution in [2.75, 3.05) is 0 Å². The van der Waals surface area contributed by atoms with Crippen molar-refractivity contribution in [1.82, 2.24) is 14.1 Å². The summed E-state index contributed by atoms with van der Waals surface area (Å²) in [7, 11) is 1.23. The number of fused-ring (bicyclic) bond motifs is 1. The summed E-state index contributed by atoms with van der Waals surface area (Å²) in [5.74, 6) is 0. The Hall–Kier alpha value is -2.09. The molecule has 0 spiro atoms. The quantitative estimate of drug-likeness (QED) is 0.849. The highest BCUT2D eigenvalue weighted by Gasteiger charge is 2.33. The smallest absolute Gasteiger partial charge is 0.280 e. The summed E-state index contributed by atoms with van der Waals surface area (Å²) in [6, 6.07) is 1.68. The third-order valence-corrected chi connectivity index (χ3v) is 2.93. The number of halogens is 4. The van der Waals surface area contributed by atoms with E-state index in [9.17, 15) is 22.8 Å². The monoisotopic (exact) mass is 319 g/mol. The molecule has 0 unspecified atom stereocenters. The lowest BCUT2D eigenvalue weighted by Crippen LogP contribution is -2.39. The first-order chi connectivity index (χ1) is 9.62. The second-order valence-electron chi connectivity index (χ2n) is 4.32. The van der Waals surface area contributed by atoms with E-state index >= 15 is 0 Å². The Morgan fingerprint density at radius 2 is 2.00 bits per heavy atom. The molecule has 0 saturated heterocycles. The molecule has 0 fully saturated rings. The molecule has 9 heteroatoms. The highest BCUT2D eigenvalue weighted by Crippen LogP contribution is 2.28. The van der Waals surface area contributed by atoms with Crippen LogP contribution in [0.5, 0.6) is 0 Å². The van der Waals surface area contributed by atoms with Gasteiger partial charge in [0.05, 0.1) is 11.9 Å². The maximum atomic E-state index is 12.6. The number of hydrogen-bond acceptors (Lipinski definition) is 3. The van der Waals surface area contributed by atoms with Crippen LogP contribution in [0.4, 0.5) is 13.2 Å². The van der Waals surface area contributed by atoms with Gasteiger partial charge in [0.15, 0.2) is 0 Å². The molecule has 21 heavy (non-hydrogen) atoms. The van der Waals surface area contributed by atoms with E-state index in [1.165, 1.54) is 7.05 Å². The standard InChI is InChI=1S/C12H9ClF3N3O2/c1-6(13)5-19-10(20)7-3-4-8(12(14,15)16)17-9(7)18(2)11(19)21/h3-4H,1,5H2,2H3. The lowest BCUT2D eigenvalue weighted by atomic mass is 10.2. The lowest BCUT2D eigenvalue weighted by Gasteiger charge is -2.11. The van der Waals surface area contributed by atoms with Crippen LogP contribution >= 0.6 is 11.6 Å². The second kappa shape index (κ2) is 5.03. The molecule has 2 aromatic heterocycles. The molecule has 0 aliphatic heterocycles. The van der Waals surface area contributed by atoms with Gasteiger partial charge in [-0.25, -0.2) is 9.78 Å². The average molecular weight is 320 g/mol.